The van der Waals surface area contributed by atoms with Crippen molar-refractivity contribution in [1.82, 2.24) is 0 Å². The van der Waals surface area contributed by atoms with Gasteiger partial charge in [-0.15, -0.1) is 0 Å². The number of amides is 2. The highest BCUT2D eigenvalue weighted by molar-refractivity contribution is 6.35. The smallest absolute Gasteiger partial charge is 0.336 e. The van der Waals surface area contributed by atoms with Gasteiger partial charge in [0.05, 0.1) is 5.69 Å². The maximum Gasteiger partial charge on any atom is 0.336 e. The summed E-state index contributed by atoms with van der Waals surface area (Å²) in [4.78, 5) is 39.4. The number of carbonyl (C=O) groups excluding carboxylic acids is 3. The van der Waals surface area contributed by atoms with Crippen LogP contribution in [0.4, 0.5) is 5.69 Å². The van der Waals surface area contributed by atoms with E-state index in [2.05, 4.69) is 0 Å². The predicted octanol–water partition coefficient (Wildman–Crippen LogP) is 4.99. The van der Waals surface area contributed by atoms with Crippen LogP contribution in [-0.2, 0) is 4.79 Å². The lowest BCUT2D eigenvalue weighted by Gasteiger charge is -2.27. The Morgan fingerprint density at radius 2 is 1.58 bits per heavy atom. The molecule has 150 valence electrons. The Balaban J connectivity index is 1.38. The van der Waals surface area contributed by atoms with Gasteiger partial charge < -0.3 is 4.74 Å². The lowest BCUT2D eigenvalue weighted by atomic mass is 9.94. The van der Waals surface area contributed by atoms with Crippen LogP contribution in [0.2, 0.25) is 0 Å². The van der Waals surface area contributed by atoms with E-state index in [0.717, 1.165) is 22.3 Å². The van der Waals surface area contributed by atoms with Gasteiger partial charge in [-0.05, 0) is 53.8 Å². The van der Waals surface area contributed by atoms with E-state index in [1.165, 1.54) is 6.08 Å². The molecule has 0 saturated carbocycles. The fraction of sp³-hybridized carbons (Fsp3) is 0.0385. The molecule has 5 heteroatoms. The molecule has 0 unspecified atom stereocenters. The topological polar surface area (TPSA) is 63.7 Å². The molecule has 0 radical (unpaired) electrons. The van der Waals surface area contributed by atoms with Gasteiger partial charge in [0.2, 0.25) is 0 Å². The number of anilines is 1. The molecule has 5 nitrogen and oxygen atoms in total. The monoisotopic (exact) mass is 407 g/mol. The van der Waals surface area contributed by atoms with Crippen LogP contribution in [0.1, 0.15) is 27.1 Å². The summed E-state index contributed by atoms with van der Waals surface area (Å²) in [5.41, 5.74) is 2.43. The first-order valence-electron chi connectivity index (χ1n) is 9.88. The molecular formula is C26H17NO4. The second kappa shape index (κ2) is 7.54. The van der Waals surface area contributed by atoms with E-state index >= 15 is 0 Å². The van der Waals surface area contributed by atoms with Crippen LogP contribution >= 0.6 is 0 Å². The molecule has 3 aromatic rings. The van der Waals surface area contributed by atoms with Crippen molar-refractivity contribution in [3.05, 3.63) is 108 Å². The highest BCUT2D eigenvalue weighted by Gasteiger charge is 2.33. The Labute approximate surface area is 178 Å². The van der Waals surface area contributed by atoms with Crippen LogP contribution in [0.5, 0.6) is 5.75 Å². The summed E-state index contributed by atoms with van der Waals surface area (Å²) in [7, 11) is 0. The molecular weight excluding hydrogens is 390 g/mol. The average molecular weight is 407 g/mol. The van der Waals surface area contributed by atoms with Crippen molar-refractivity contribution >= 4 is 34.2 Å². The maximum atomic E-state index is 13.1. The van der Waals surface area contributed by atoms with Crippen LogP contribution in [0, 0.1) is 0 Å². The Hall–Kier alpha value is -4.25. The van der Waals surface area contributed by atoms with Gasteiger partial charge in [-0.3, -0.25) is 9.59 Å². The van der Waals surface area contributed by atoms with Crippen LogP contribution in [0.3, 0.4) is 0 Å². The summed E-state index contributed by atoms with van der Waals surface area (Å²) < 4.78 is 5.31. The van der Waals surface area contributed by atoms with Crippen LogP contribution in [0.15, 0.2) is 96.6 Å². The average Bonchev–Trinajstić information content (AvgIpc) is 3.31. The second-order valence-corrected chi connectivity index (χ2v) is 7.28. The minimum atomic E-state index is -0.494. The number of rotatable bonds is 4. The van der Waals surface area contributed by atoms with Gasteiger partial charge in [-0.25, -0.2) is 9.69 Å². The standard InChI is InChI=1S/C26H17NO4/c28-23(16-11-17-5-1-2-6-17)31-20-14-12-19(13-15-20)27-25(29)21-9-3-7-18-8-4-10-22(24(18)21)26(27)30/h1-5,7-16H,6H2/b16-11+. The molecule has 0 fully saturated rings. The molecule has 0 spiro atoms. The van der Waals surface area contributed by atoms with Gasteiger partial charge >= 0.3 is 5.97 Å². The first-order valence-corrected chi connectivity index (χ1v) is 9.88. The van der Waals surface area contributed by atoms with E-state index in [0.29, 0.717) is 28.0 Å². The summed E-state index contributed by atoms with van der Waals surface area (Å²) in [6.45, 7) is 0. The molecule has 0 atom stereocenters. The number of carbonyl (C=O) groups is 3. The van der Waals surface area contributed by atoms with Crippen molar-refractivity contribution in [1.29, 1.82) is 0 Å². The van der Waals surface area contributed by atoms with E-state index in [9.17, 15) is 14.4 Å². The Morgan fingerprint density at radius 1 is 0.903 bits per heavy atom. The number of ether oxygens (including phenoxy) is 1. The summed E-state index contributed by atoms with van der Waals surface area (Å²) in [5, 5.41) is 1.54. The van der Waals surface area contributed by atoms with Gasteiger partial charge in [-0.1, -0.05) is 48.6 Å². The van der Waals surface area contributed by atoms with Crippen molar-refractivity contribution in [3.8, 4) is 5.75 Å². The minimum Gasteiger partial charge on any atom is -0.423 e. The SMILES string of the molecule is O=C(/C=C/C1=CC=CC1)Oc1ccc(N2C(=O)c3cccc4cccc(c34)C2=O)cc1. The third kappa shape index (κ3) is 3.36. The molecule has 1 heterocycles. The molecule has 2 aliphatic rings. The van der Waals surface area contributed by atoms with E-state index in [1.807, 2.05) is 30.4 Å². The second-order valence-electron chi connectivity index (χ2n) is 7.28. The van der Waals surface area contributed by atoms with Crippen LogP contribution < -0.4 is 9.64 Å². The van der Waals surface area contributed by atoms with E-state index in [-0.39, 0.29) is 11.8 Å². The molecule has 0 bridgehead atoms. The number of hydrogen-bond acceptors (Lipinski definition) is 4. The Kier molecular flexibility index (Phi) is 4.56. The largest absolute Gasteiger partial charge is 0.423 e. The van der Waals surface area contributed by atoms with Crippen molar-refractivity contribution in [3.63, 3.8) is 0 Å². The third-order valence-electron chi connectivity index (χ3n) is 5.32. The van der Waals surface area contributed by atoms with Crippen molar-refractivity contribution < 1.29 is 19.1 Å². The highest BCUT2D eigenvalue weighted by Crippen LogP contribution is 2.33. The quantitative estimate of drug-likeness (QED) is 0.265. The summed E-state index contributed by atoms with van der Waals surface area (Å²) in [6.07, 6.45) is 9.77. The summed E-state index contributed by atoms with van der Waals surface area (Å²) >= 11 is 0. The Morgan fingerprint density at radius 3 is 2.19 bits per heavy atom. The minimum absolute atomic E-state index is 0.330. The molecule has 3 aromatic carbocycles. The van der Waals surface area contributed by atoms with Crippen LogP contribution in [0.25, 0.3) is 10.8 Å². The number of hydrogen-bond donors (Lipinski definition) is 0. The zero-order chi connectivity index (χ0) is 21.4. The van der Waals surface area contributed by atoms with E-state index < -0.39 is 5.97 Å². The number of allylic oxidation sites excluding steroid dienone is 5. The predicted molar refractivity (Wildman–Crippen MR) is 118 cm³/mol. The molecule has 0 aromatic heterocycles. The van der Waals surface area contributed by atoms with Crippen molar-refractivity contribution in [2.24, 2.45) is 0 Å². The summed E-state index contributed by atoms with van der Waals surface area (Å²) in [6, 6.07) is 17.2. The molecule has 2 amide bonds. The zero-order valence-electron chi connectivity index (χ0n) is 16.4. The number of benzene rings is 3. The lowest BCUT2D eigenvalue weighted by Crippen LogP contribution is -2.40. The van der Waals surface area contributed by atoms with E-state index in [4.69, 9.17) is 4.74 Å². The number of imide groups is 1. The van der Waals surface area contributed by atoms with Gasteiger partial charge in [0.1, 0.15) is 5.75 Å². The number of esters is 1. The van der Waals surface area contributed by atoms with Gasteiger partial charge in [0.15, 0.2) is 0 Å². The molecule has 5 rings (SSSR count). The molecule has 1 aliphatic carbocycles. The van der Waals surface area contributed by atoms with E-state index in [1.54, 1.807) is 54.6 Å². The number of nitrogens with zero attached hydrogens (tertiary/aromatic N) is 1. The first-order chi connectivity index (χ1) is 15.1. The normalized spacial score (nSPS) is 15.1. The first kappa shape index (κ1) is 18.8. The summed E-state index contributed by atoms with van der Waals surface area (Å²) in [5.74, 6) is -0.913. The van der Waals surface area contributed by atoms with Crippen molar-refractivity contribution in [2.75, 3.05) is 4.90 Å². The van der Waals surface area contributed by atoms with Gasteiger partial charge in [0, 0.05) is 22.6 Å². The highest BCUT2D eigenvalue weighted by atomic mass is 16.5. The molecule has 31 heavy (non-hydrogen) atoms. The van der Waals surface area contributed by atoms with Crippen molar-refractivity contribution in [2.45, 2.75) is 6.42 Å². The Bertz CT molecular complexity index is 1280. The molecule has 0 saturated heterocycles. The zero-order valence-corrected chi connectivity index (χ0v) is 16.4. The fourth-order valence-electron chi connectivity index (χ4n) is 3.84. The molecule has 1 aliphatic heterocycles. The lowest BCUT2D eigenvalue weighted by molar-refractivity contribution is -0.129. The maximum absolute atomic E-state index is 13.1. The fourth-order valence-corrected chi connectivity index (χ4v) is 3.84. The van der Waals surface area contributed by atoms with Crippen LogP contribution in [-0.4, -0.2) is 17.8 Å². The van der Waals surface area contributed by atoms with Gasteiger partial charge in [0.25, 0.3) is 11.8 Å². The third-order valence-corrected chi connectivity index (χ3v) is 5.32. The van der Waals surface area contributed by atoms with Gasteiger partial charge in [-0.2, -0.15) is 0 Å². The molecule has 0 N–H and O–H groups in total.